The quantitative estimate of drug-likeness (QED) is 0.274. The van der Waals surface area contributed by atoms with Crippen LogP contribution in [-0.4, -0.2) is 61.6 Å². The smallest absolute Gasteiger partial charge is 0.418 e. The molecule has 0 spiro atoms. The van der Waals surface area contributed by atoms with Gasteiger partial charge in [0, 0.05) is 31.9 Å². The lowest BCUT2D eigenvalue weighted by atomic mass is 9.89. The molecule has 264 valence electrons. The van der Waals surface area contributed by atoms with Gasteiger partial charge in [-0.1, -0.05) is 12.1 Å². The van der Waals surface area contributed by atoms with Gasteiger partial charge in [-0.05, 0) is 46.9 Å². The molecule has 1 aromatic heterocycles. The number of carbonyl (C=O) groups is 2. The van der Waals surface area contributed by atoms with Crippen molar-refractivity contribution in [1.82, 2.24) is 9.88 Å². The molecule has 0 radical (unpaired) electrons. The van der Waals surface area contributed by atoms with Crippen molar-refractivity contribution >= 4 is 17.6 Å². The van der Waals surface area contributed by atoms with E-state index < -0.39 is 76.9 Å². The molecule has 0 saturated carbocycles. The number of pyridine rings is 1. The second-order valence-electron chi connectivity index (χ2n) is 11.5. The second kappa shape index (κ2) is 13.4. The first-order valence-electron chi connectivity index (χ1n) is 14.7. The summed E-state index contributed by atoms with van der Waals surface area (Å²) in [6.07, 6.45) is -9.14. The zero-order chi connectivity index (χ0) is 36.0. The Morgan fingerprint density at radius 3 is 2.31 bits per heavy atom. The number of halogens is 8. The van der Waals surface area contributed by atoms with E-state index in [1.165, 1.54) is 26.1 Å². The number of alkyl halides is 6. The average Bonchev–Trinajstić information content (AvgIpc) is 3.52. The zero-order valence-corrected chi connectivity index (χ0v) is 26.2. The molecule has 0 aliphatic carbocycles. The van der Waals surface area contributed by atoms with Crippen LogP contribution in [0.3, 0.4) is 0 Å². The number of rotatable bonds is 7. The van der Waals surface area contributed by atoms with Crippen molar-refractivity contribution in [1.29, 1.82) is 0 Å². The Hall–Kier alpha value is -4.51. The summed E-state index contributed by atoms with van der Waals surface area (Å²) in [7, 11) is 2.19. The highest BCUT2D eigenvalue weighted by molar-refractivity contribution is 5.97. The van der Waals surface area contributed by atoms with Gasteiger partial charge in [0.2, 0.25) is 0 Å². The summed E-state index contributed by atoms with van der Waals surface area (Å²) < 4.78 is 128. The summed E-state index contributed by atoms with van der Waals surface area (Å²) in [6.45, 7) is -0.198. The van der Waals surface area contributed by atoms with Crippen LogP contribution >= 0.6 is 0 Å². The number of morpholine rings is 1. The van der Waals surface area contributed by atoms with Gasteiger partial charge in [0.25, 0.3) is 11.5 Å². The van der Waals surface area contributed by atoms with E-state index in [0.717, 1.165) is 16.6 Å². The number of hydrogen-bond donors (Lipinski definition) is 1. The van der Waals surface area contributed by atoms with Crippen LogP contribution in [-0.2, 0) is 51.9 Å². The van der Waals surface area contributed by atoms with Crippen LogP contribution in [0.4, 0.5) is 40.8 Å². The Bertz CT molecular complexity index is 1830. The minimum absolute atomic E-state index is 0.0656. The van der Waals surface area contributed by atoms with Crippen LogP contribution < -0.4 is 15.8 Å². The highest BCUT2D eigenvalue weighted by Crippen LogP contribution is 2.39. The number of nitrogens with zero attached hydrogens (tertiary/aromatic N) is 2. The number of hydrogen-bond acceptors (Lipinski definition) is 7. The monoisotopic (exact) mass is 703 g/mol. The largest absolute Gasteiger partial charge is 0.467 e. The first-order valence-corrected chi connectivity index (χ1v) is 14.7. The molecule has 2 aliphatic rings. The fourth-order valence-electron chi connectivity index (χ4n) is 6.10. The SMILES string of the molecule is COC(=O)[C@H](Cc1ccc(-c2c(C)c(C(F)(F)F)cn(C)c2=O)c2c1COC2)NC(=O)c1c(F)cc(N2CCOC[C@@H]2C(F)(F)F)cc1F. The number of nitrogens with one attached hydrogen (secondary N) is 1. The molecule has 1 amide bonds. The van der Waals surface area contributed by atoms with E-state index in [1.54, 1.807) is 0 Å². The minimum Gasteiger partial charge on any atom is -0.467 e. The summed E-state index contributed by atoms with van der Waals surface area (Å²) >= 11 is 0. The number of methoxy groups -OCH3 is 1. The van der Waals surface area contributed by atoms with Crippen LogP contribution in [0.15, 0.2) is 35.3 Å². The Kier molecular flexibility index (Phi) is 9.80. The average molecular weight is 704 g/mol. The summed E-state index contributed by atoms with van der Waals surface area (Å²) in [6, 6.07) is 0.251. The molecule has 3 heterocycles. The van der Waals surface area contributed by atoms with E-state index >= 15 is 8.78 Å². The summed E-state index contributed by atoms with van der Waals surface area (Å²) in [5, 5.41) is 2.21. The molecule has 1 saturated heterocycles. The lowest BCUT2D eigenvalue weighted by Crippen LogP contribution is -2.53. The van der Waals surface area contributed by atoms with Crippen molar-refractivity contribution in [2.45, 2.75) is 51.0 Å². The number of amides is 1. The molecule has 0 bridgehead atoms. The van der Waals surface area contributed by atoms with Crippen LogP contribution in [0.1, 0.15) is 38.2 Å². The molecular formula is C32H29F8N3O6. The van der Waals surface area contributed by atoms with Gasteiger partial charge in [0.05, 0.1) is 44.7 Å². The first kappa shape index (κ1) is 35.8. The van der Waals surface area contributed by atoms with Gasteiger partial charge in [-0.2, -0.15) is 26.3 Å². The summed E-state index contributed by atoms with van der Waals surface area (Å²) in [5.41, 5.74) is -2.49. The lowest BCUT2D eigenvalue weighted by Gasteiger charge is -2.38. The molecule has 2 aliphatic heterocycles. The Balaban J connectivity index is 1.46. The topological polar surface area (TPSA) is 99.1 Å². The molecule has 49 heavy (non-hydrogen) atoms. The van der Waals surface area contributed by atoms with E-state index in [4.69, 9.17) is 14.2 Å². The molecule has 9 nitrogen and oxygen atoms in total. The number of ether oxygens (including phenoxy) is 3. The van der Waals surface area contributed by atoms with Crippen LogP contribution in [0.5, 0.6) is 0 Å². The summed E-state index contributed by atoms with van der Waals surface area (Å²) in [5.74, 6) is -5.40. The number of aryl methyl sites for hydroxylation is 1. The van der Waals surface area contributed by atoms with Crippen molar-refractivity contribution in [3.05, 3.63) is 85.8 Å². The second-order valence-corrected chi connectivity index (χ2v) is 11.5. The number of carbonyl (C=O) groups excluding carboxylic acids is 2. The number of fused-ring (bicyclic) bond motifs is 1. The summed E-state index contributed by atoms with van der Waals surface area (Å²) in [4.78, 5) is 39.7. The third-order valence-electron chi connectivity index (χ3n) is 8.54. The predicted octanol–water partition coefficient (Wildman–Crippen LogP) is 4.97. The number of aromatic nitrogens is 1. The van der Waals surface area contributed by atoms with Gasteiger partial charge in [0.1, 0.15) is 29.3 Å². The van der Waals surface area contributed by atoms with Gasteiger partial charge in [-0.15, -0.1) is 0 Å². The van der Waals surface area contributed by atoms with E-state index in [1.807, 2.05) is 0 Å². The third-order valence-corrected chi connectivity index (χ3v) is 8.54. The molecule has 1 fully saturated rings. The number of benzene rings is 2. The van der Waals surface area contributed by atoms with Gasteiger partial charge >= 0.3 is 18.3 Å². The zero-order valence-electron chi connectivity index (χ0n) is 26.2. The molecule has 3 aromatic rings. The van der Waals surface area contributed by atoms with Crippen molar-refractivity contribution in [2.24, 2.45) is 7.05 Å². The third kappa shape index (κ3) is 6.99. The Morgan fingerprint density at radius 2 is 1.69 bits per heavy atom. The van der Waals surface area contributed by atoms with Crippen LogP contribution in [0, 0.1) is 18.6 Å². The number of anilines is 1. The highest BCUT2D eigenvalue weighted by Gasteiger charge is 2.46. The molecule has 1 N–H and O–H groups in total. The Morgan fingerprint density at radius 1 is 1.04 bits per heavy atom. The van der Waals surface area contributed by atoms with Gasteiger partial charge < -0.3 is 29.0 Å². The Labute approximate surface area is 273 Å². The van der Waals surface area contributed by atoms with Crippen LogP contribution in [0.25, 0.3) is 11.1 Å². The van der Waals surface area contributed by atoms with Crippen molar-refractivity contribution in [2.75, 3.05) is 31.8 Å². The van der Waals surface area contributed by atoms with E-state index in [-0.39, 0.29) is 49.5 Å². The van der Waals surface area contributed by atoms with Crippen molar-refractivity contribution < 1.29 is 58.9 Å². The maximum Gasteiger partial charge on any atom is 0.418 e. The molecule has 17 heteroatoms. The lowest BCUT2D eigenvalue weighted by molar-refractivity contribution is -0.167. The van der Waals surface area contributed by atoms with E-state index in [9.17, 15) is 40.7 Å². The highest BCUT2D eigenvalue weighted by atomic mass is 19.4. The molecule has 0 unspecified atom stereocenters. The van der Waals surface area contributed by atoms with Crippen molar-refractivity contribution in [3.63, 3.8) is 0 Å². The van der Waals surface area contributed by atoms with Crippen LogP contribution in [0.2, 0.25) is 0 Å². The maximum atomic E-state index is 15.2. The standard InChI is InChI=1S/C32H29F8N3O6/c1-15-21(31(35,36)37)11-42(2)29(45)26(15)18-5-4-16(19-12-49-13-20(18)19)8-24(30(46)47-3)41-28(44)27-22(33)9-17(10-23(27)34)43-6-7-48-14-25(43)32(38,39)40/h4-5,9-11,24-25H,6-8,12-14H2,1-3H3,(H,41,44)/t24-,25+/m0/s1. The maximum absolute atomic E-state index is 15.2. The molecular weight excluding hydrogens is 674 g/mol. The van der Waals surface area contributed by atoms with E-state index in [0.29, 0.717) is 35.0 Å². The predicted molar refractivity (Wildman–Crippen MR) is 157 cm³/mol. The number of esters is 1. The molecule has 2 aromatic carbocycles. The van der Waals surface area contributed by atoms with Crippen molar-refractivity contribution in [3.8, 4) is 11.1 Å². The fraction of sp³-hybridized carbons (Fsp3) is 0.406. The van der Waals surface area contributed by atoms with Gasteiger partial charge in [0.15, 0.2) is 0 Å². The molecule has 2 atom stereocenters. The normalized spacial score (nSPS) is 17.1. The van der Waals surface area contributed by atoms with Gasteiger partial charge in [-0.25, -0.2) is 13.6 Å². The van der Waals surface area contributed by atoms with Gasteiger partial charge in [-0.3, -0.25) is 9.59 Å². The van der Waals surface area contributed by atoms with E-state index in [2.05, 4.69) is 5.32 Å². The first-order chi connectivity index (χ1) is 22.9. The minimum atomic E-state index is -4.78. The molecule has 5 rings (SSSR count). The fourth-order valence-corrected chi connectivity index (χ4v) is 6.10.